The van der Waals surface area contributed by atoms with E-state index in [1.165, 1.54) is 29.8 Å². The van der Waals surface area contributed by atoms with Gasteiger partial charge in [0.05, 0.1) is 10.7 Å². The Morgan fingerprint density at radius 3 is 2.61 bits per heavy atom. The number of hydrogen-bond donors (Lipinski definition) is 1. The van der Waals surface area contributed by atoms with Gasteiger partial charge in [-0.3, -0.25) is 4.79 Å². The molecule has 1 aliphatic carbocycles. The quantitative estimate of drug-likeness (QED) is 0.641. The lowest BCUT2D eigenvalue weighted by atomic mass is 10.0. The Labute approximate surface area is 169 Å². The predicted molar refractivity (Wildman–Crippen MR) is 112 cm³/mol. The first-order valence-corrected chi connectivity index (χ1v) is 10.6. The van der Waals surface area contributed by atoms with Crippen molar-refractivity contribution in [1.82, 2.24) is 10.3 Å². The summed E-state index contributed by atoms with van der Waals surface area (Å²) in [6.45, 7) is 1.10. The Morgan fingerprint density at radius 1 is 1.04 bits per heavy atom. The summed E-state index contributed by atoms with van der Waals surface area (Å²) in [5.41, 5.74) is 2.99. The van der Waals surface area contributed by atoms with Crippen LogP contribution in [-0.2, 0) is 25.9 Å². The number of aromatic nitrogens is 1. The molecule has 1 aromatic heterocycles. The number of aryl methyl sites for hydroxylation is 2. The number of ether oxygens (including phenoxy) is 1. The van der Waals surface area contributed by atoms with Gasteiger partial charge in [0.2, 0.25) is 0 Å². The number of nitrogens with zero attached hydrogens (tertiary/aromatic N) is 1. The van der Waals surface area contributed by atoms with Crippen LogP contribution >= 0.6 is 11.3 Å². The van der Waals surface area contributed by atoms with Gasteiger partial charge in [-0.05, 0) is 55.5 Å². The van der Waals surface area contributed by atoms with Gasteiger partial charge in [-0.15, -0.1) is 11.3 Å². The number of carbonyl (C=O) groups excluding carboxylic acids is 1. The van der Waals surface area contributed by atoms with E-state index in [1.807, 2.05) is 65.9 Å². The lowest BCUT2D eigenvalue weighted by Gasteiger charge is -2.07. The minimum atomic E-state index is -0.0446. The Hall–Kier alpha value is -2.66. The number of benzene rings is 2. The normalized spacial score (nSPS) is 13.0. The fourth-order valence-corrected chi connectivity index (χ4v) is 4.49. The van der Waals surface area contributed by atoms with E-state index >= 15 is 0 Å². The van der Waals surface area contributed by atoms with Crippen LogP contribution in [0.4, 0.5) is 0 Å². The third-order valence-electron chi connectivity index (χ3n) is 4.88. The number of carbonyl (C=O) groups is 1. The number of hydrogen-bond acceptors (Lipinski definition) is 4. The highest BCUT2D eigenvalue weighted by Crippen LogP contribution is 2.26. The van der Waals surface area contributed by atoms with Crippen LogP contribution in [0.1, 0.15) is 44.3 Å². The van der Waals surface area contributed by atoms with Crippen molar-refractivity contribution in [2.75, 3.05) is 6.54 Å². The molecule has 0 saturated heterocycles. The lowest BCUT2D eigenvalue weighted by Crippen LogP contribution is -2.25. The van der Waals surface area contributed by atoms with Gasteiger partial charge in [-0.25, -0.2) is 4.98 Å². The molecule has 1 aliphatic rings. The molecule has 0 aliphatic heterocycles. The molecule has 0 spiro atoms. The smallest absolute Gasteiger partial charge is 0.251 e. The first-order valence-electron chi connectivity index (χ1n) is 9.80. The van der Waals surface area contributed by atoms with Crippen molar-refractivity contribution in [2.24, 2.45) is 0 Å². The summed E-state index contributed by atoms with van der Waals surface area (Å²) in [6.07, 6.45) is 5.60. The summed E-state index contributed by atoms with van der Waals surface area (Å²) < 4.78 is 5.73. The van der Waals surface area contributed by atoms with E-state index in [0.29, 0.717) is 18.7 Å². The monoisotopic (exact) mass is 392 g/mol. The molecule has 1 amide bonds. The Kier molecular flexibility index (Phi) is 6.02. The molecule has 144 valence electrons. The summed E-state index contributed by atoms with van der Waals surface area (Å²) in [7, 11) is 0. The molecule has 1 heterocycles. The van der Waals surface area contributed by atoms with Gasteiger partial charge in [0.1, 0.15) is 12.4 Å². The van der Waals surface area contributed by atoms with Gasteiger partial charge in [0, 0.05) is 23.4 Å². The number of thiazole rings is 1. The second-order valence-corrected chi connectivity index (χ2v) is 8.16. The van der Waals surface area contributed by atoms with E-state index < -0.39 is 0 Å². The van der Waals surface area contributed by atoms with Crippen LogP contribution in [0.3, 0.4) is 0 Å². The zero-order chi connectivity index (χ0) is 19.2. The third-order valence-corrected chi connectivity index (χ3v) is 6.10. The minimum Gasteiger partial charge on any atom is -0.489 e. The molecule has 3 aromatic rings. The highest BCUT2D eigenvalue weighted by Gasteiger charge is 2.15. The first kappa shape index (κ1) is 18.7. The van der Waals surface area contributed by atoms with Crippen molar-refractivity contribution in [3.05, 3.63) is 81.3 Å². The summed E-state index contributed by atoms with van der Waals surface area (Å²) in [6, 6.07) is 17.3. The predicted octanol–water partition coefficient (Wildman–Crippen LogP) is 4.57. The van der Waals surface area contributed by atoms with E-state index in [2.05, 4.69) is 5.32 Å². The maximum absolute atomic E-state index is 12.4. The maximum atomic E-state index is 12.4. The van der Waals surface area contributed by atoms with Gasteiger partial charge < -0.3 is 10.1 Å². The molecule has 5 heteroatoms. The van der Waals surface area contributed by atoms with E-state index in [-0.39, 0.29) is 5.91 Å². The first-order chi connectivity index (χ1) is 13.8. The number of nitrogens with one attached hydrogen (secondary N) is 1. The summed E-state index contributed by atoms with van der Waals surface area (Å²) in [4.78, 5) is 18.5. The second kappa shape index (κ2) is 9.02. The van der Waals surface area contributed by atoms with Crippen molar-refractivity contribution >= 4 is 17.2 Å². The van der Waals surface area contributed by atoms with E-state index in [1.54, 1.807) is 0 Å². The summed E-state index contributed by atoms with van der Waals surface area (Å²) in [5.74, 6) is 0.796. The van der Waals surface area contributed by atoms with Crippen molar-refractivity contribution in [2.45, 2.75) is 38.7 Å². The minimum absolute atomic E-state index is 0.0446. The Bertz CT molecular complexity index is 896. The lowest BCUT2D eigenvalue weighted by molar-refractivity contribution is 0.0954. The van der Waals surface area contributed by atoms with Gasteiger partial charge in [-0.2, -0.15) is 0 Å². The topological polar surface area (TPSA) is 51.2 Å². The number of para-hydroxylation sites is 1. The SMILES string of the molecule is O=C(NCCc1nc2c(s1)CCCC2)c1ccc(COc2ccccc2)cc1. The van der Waals surface area contributed by atoms with Crippen molar-refractivity contribution in [3.8, 4) is 5.75 Å². The molecule has 0 unspecified atom stereocenters. The van der Waals surface area contributed by atoms with Gasteiger partial charge in [0.25, 0.3) is 5.91 Å². The molecule has 28 heavy (non-hydrogen) atoms. The molecular formula is C23H24N2O2S. The fraction of sp³-hybridized carbons (Fsp3) is 0.304. The Balaban J connectivity index is 1.24. The molecule has 1 N–H and O–H groups in total. The molecule has 0 radical (unpaired) electrons. The average Bonchev–Trinajstić information content (AvgIpc) is 3.16. The van der Waals surface area contributed by atoms with Crippen LogP contribution in [0.5, 0.6) is 5.75 Å². The van der Waals surface area contributed by atoms with Crippen molar-refractivity contribution < 1.29 is 9.53 Å². The number of amides is 1. The number of rotatable bonds is 7. The van der Waals surface area contributed by atoms with Crippen LogP contribution in [0.25, 0.3) is 0 Å². The van der Waals surface area contributed by atoms with Crippen molar-refractivity contribution in [3.63, 3.8) is 0 Å². The molecule has 0 fully saturated rings. The van der Waals surface area contributed by atoms with Crippen LogP contribution in [0.2, 0.25) is 0 Å². The Morgan fingerprint density at radius 2 is 1.82 bits per heavy atom. The molecule has 2 aromatic carbocycles. The number of fused-ring (bicyclic) bond motifs is 1. The van der Waals surface area contributed by atoms with Gasteiger partial charge in [0.15, 0.2) is 0 Å². The highest BCUT2D eigenvalue weighted by atomic mass is 32.1. The third kappa shape index (κ3) is 4.78. The van der Waals surface area contributed by atoms with Crippen LogP contribution in [-0.4, -0.2) is 17.4 Å². The standard InChI is InChI=1S/C23H24N2O2S/c26-23(24-15-14-22-25-20-8-4-5-9-21(20)28-22)18-12-10-17(11-13-18)16-27-19-6-2-1-3-7-19/h1-3,6-7,10-13H,4-5,8-9,14-16H2,(H,24,26). The molecule has 4 rings (SSSR count). The van der Waals surface area contributed by atoms with E-state index in [4.69, 9.17) is 9.72 Å². The maximum Gasteiger partial charge on any atom is 0.251 e. The zero-order valence-corrected chi connectivity index (χ0v) is 16.6. The van der Waals surface area contributed by atoms with E-state index in [0.717, 1.165) is 29.2 Å². The summed E-state index contributed by atoms with van der Waals surface area (Å²) >= 11 is 1.81. The molecule has 0 atom stereocenters. The molecule has 4 nitrogen and oxygen atoms in total. The largest absolute Gasteiger partial charge is 0.489 e. The van der Waals surface area contributed by atoms with Gasteiger partial charge in [-0.1, -0.05) is 30.3 Å². The highest BCUT2D eigenvalue weighted by molar-refractivity contribution is 7.11. The molecule has 0 saturated carbocycles. The molecular weight excluding hydrogens is 368 g/mol. The van der Waals surface area contributed by atoms with Crippen LogP contribution in [0, 0.1) is 0 Å². The van der Waals surface area contributed by atoms with Crippen molar-refractivity contribution in [1.29, 1.82) is 0 Å². The van der Waals surface area contributed by atoms with Gasteiger partial charge >= 0.3 is 0 Å². The van der Waals surface area contributed by atoms with Crippen LogP contribution in [0.15, 0.2) is 54.6 Å². The molecule has 0 bridgehead atoms. The average molecular weight is 393 g/mol. The second-order valence-electron chi connectivity index (χ2n) is 6.99. The fourth-order valence-electron chi connectivity index (χ4n) is 3.33. The zero-order valence-electron chi connectivity index (χ0n) is 15.8. The van der Waals surface area contributed by atoms with Crippen LogP contribution < -0.4 is 10.1 Å². The summed E-state index contributed by atoms with van der Waals surface area (Å²) in [5, 5.41) is 4.14. The van der Waals surface area contributed by atoms with E-state index in [9.17, 15) is 4.79 Å².